The summed E-state index contributed by atoms with van der Waals surface area (Å²) < 4.78 is 5.15. The summed E-state index contributed by atoms with van der Waals surface area (Å²) in [4.78, 5) is 37.6. The van der Waals surface area contributed by atoms with E-state index >= 15 is 0 Å². The molecule has 0 N–H and O–H groups in total. The number of ketones is 2. The number of carbonyl (C=O) groups excluding carboxylic acids is 3. The van der Waals surface area contributed by atoms with Crippen LogP contribution in [0.3, 0.4) is 0 Å². The van der Waals surface area contributed by atoms with Crippen LogP contribution in [0.5, 0.6) is 0 Å². The van der Waals surface area contributed by atoms with Crippen LogP contribution in [0.1, 0.15) is 38.6 Å². The number of halogens is 1. The molecule has 118 valence electrons. The summed E-state index contributed by atoms with van der Waals surface area (Å²) in [5, 5.41) is 0.558. The highest BCUT2D eigenvalue weighted by Crippen LogP contribution is 2.41. The third kappa shape index (κ3) is 2.19. The van der Waals surface area contributed by atoms with Gasteiger partial charge in [0.15, 0.2) is 11.5 Å². The molecule has 4 nitrogen and oxygen atoms in total. The highest BCUT2D eigenvalue weighted by molar-refractivity contribution is 6.30. The van der Waals surface area contributed by atoms with Gasteiger partial charge in [0.25, 0.3) is 0 Å². The van der Waals surface area contributed by atoms with Gasteiger partial charge in [-0.25, -0.2) is 0 Å². The molecule has 1 aliphatic carbocycles. The van der Waals surface area contributed by atoms with Crippen molar-refractivity contribution in [2.45, 2.75) is 12.3 Å². The molecular weight excluding hydrogens is 328 g/mol. The highest BCUT2D eigenvalue weighted by atomic mass is 35.5. The second-order valence-corrected chi connectivity index (χ2v) is 6.17. The summed E-state index contributed by atoms with van der Waals surface area (Å²) in [7, 11) is 0. The molecule has 0 amide bonds. The summed E-state index contributed by atoms with van der Waals surface area (Å²) in [6.07, 6.45) is 0.0155. The lowest BCUT2D eigenvalue weighted by Crippen LogP contribution is -2.32. The molecule has 1 heterocycles. The highest BCUT2D eigenvalue weighted by Gasteiger charge is 2.42. The molecule has 2 aliphatic rings. The first-order valence-corrected chi connectivity index (χ1v) is 7.83. The standard InChI is InChI=1S/C19H11ClO4/c20-11-7-5-10(6-8-11)14-9-15(21)24-19-16(14)17(22)12-3-1-2-4-13(12)18(19)23/h1-8,14H,9H2. The van der Waals surface area contributed by atoms with Crippen molar-refractivity contribution in [3.05, 3.63) is 81.6 Å². The maximum atomic E-state index is 12.9. The molecule has 2 aromatic rings. The average molecular weight is 339 g/mol. The maximum absolute atomic E-state index is 12.9. The number of hydrogen-bond donors (Lipinski definition) is 0. The minimum Gasteiger partial charge on any atom is -0.422 e. The van der Waals surface area contributed by atoms with Crippen molar-refractivity contribution in [2.75, 3.05) is 0 Å². The molecule has 0 bridgehead atoms. The number of esters is 1. The van der Waals surface area contributed by atoms with E-state index in [1.807, 2.05) is 0 Å². The molecule has 1 unspecified atom stereocenters. The predicted octanol–water partition coefficient (Wildman–Crippen LogP) is 3.70. The molecule has 5 heteroatoms. The van der Waals surface area contributed by atoms with Gasteiger partial charge in [0.1, 0.15) is 0 Å². The fourth-order valence-electron chi connectivity index (χ4n) is 3.19. The van der Waals surface area contributed by atoms with Crippen LogP contribution in [0, 0.1) is 0 Å². The van der Waals surface area contributed by atoms with Crippen LogP contribution in [0.4, 0.5) is 0 Å². The molecular formula is C19H11ClO4. The van der Waals surface area contributed by atoms with Crippen LogP contribution in [-0.4, -0.2) is 17.5 Å². The molecule has 0 aromatic heterocycles. The molecule has 24 heavy (non-hydrogen) atoms. The lowest BCUT2D eigenvalue weighted by Gasteiger charge is -2.29. The zero-order chi connectivity index (χ0) is 16.8. The van der Waals surface area contributed by atoms with E-state index in [0.717, 1.165) is 5.56 Å². The minimum absolute atomic E-state index is 0.0155. The fraction of sp³-hybridized carbons (Fsp3) is 0.105. The van der Waals surface area contributed by atoms with E-state index in [1.165, 1.54) is 0 Å². The molecule has 0 fully saturated rings. The number of rotatable bonds is 1. The Kier molecular flexibility index (Phi) is 3.36. The molecule has 0 saturated carbocycles. The SMILES string of the molecule is O=C1CC(c2ccc(Cl)cc2)C2=C(O1)C(=O)c1ccccc1C2=O. The van der Waals surface area contributed by atoms with Gasteiger partial charge in [-0.3, -0.25) is 14.4 Å². The van der Waals surface area contributed by atoms with Crippen molar-refractivity contribution in [2.24, 2.45) is 0 Å². The summed E-state index contributed by atoms with van der Waals surface area (Å²) in [6, 6.07) is 13.5. The largest absolute Gasteiger partial charge is 0.422 e. The Morgan fingerprint density at radius 2 is 1.50 bits per heavy atom. The molecule has 1 atom stereocenters. The summed E-state index contributed by atoms with van der Waals surface area (Å²) in [6.45, 7) is 0. The van der Waals surface area contributed by atoms with Gasteiger partial charge in [-0.15, -0.1) is 0 Å². The number of allylic oxidation sites excluding steroid dienone is 2. The van der Waals surface area contributed by atoms with E-state index in [9.17, 15) is 14.4 Å². The number of hydrogen-bond acceptors (Lipinski definition) is 4. The Morgan fingerprint density at radius 1 is 0.875 bits per heavy atom. The monoisotopic (exact) mass is 338 g/mol. The summed E-state index contributed by atoms with van der Waals surface area (Å²) in [5.74, 6) is -1.87. The van der Waals surface area contributed by atoms with Crippen LogP contribution in [-0.2, 0) is 9.53 Å². The topological polar surface area (TPSA) is 60.4 Å². The van der Waals surface area contributed by atoms with Gasteiger partial charge in [0.2, 0.25) is 5.78 Å². The van der Waals surface area contributed by atoms with Crippen molar-refractivity contribution in [1.82, 2.24) is 0 Å². The summed E-state index contributed by atoms with van der Waals surface area (Å²) >= 11 is 5.91. The van der Waals surface area contributed by atoms with Crippen molar-refractivity contribution < 1.29 is 19.1 Å². The zero-order valence-corrected chi connectivity index (χ0v) is 13.2. The molecule has 0 spiro atoms. The van der Waals surface area contributed by atoms with Gasteiger partial charge in [-0.2, -0.15) is 0 Å². The fourth-order valence-corrected chi connectivity index (χ4v) is 3.32. The van der Waals surface area contributed by atoms with Crippen LogP contribution in [0.25, 0.3) is 0 Å². The third-order valence-corrected chi connectivity index (χ3v) is 4.57. The van der Waals surface area contributed by atoms with E-state index in [1.54, 1.807) is 48.5 Å². The van der Waals surface area contributed by atoms with Gasteiger partial charge in [0, 0.05) is 22.1 Å². The quantitative estimate of drug-likeness (QED) is 0.744. The van der Waals surface area contributed by atoms with Crippen molar-refractivity contribution >= 4 is 29.1 Å². The van der Waals surface area contributed by atoms with Gasteiger partial charge < -0.3 is 4.74 Å². The maximum Gasteiger partial charge on any atom is 0.312 e. The average Bonchev–Trinajstić information content (AvgIpc) is 2.59. The van der Waals surface area contributed by atoms with Crippen molar-refractivity contribution in [3.8, 4) is 0 Å². The van der Waals surface area contributed by atoms with E-state index in [4.69, 9.17) is 16.3 Å². The van der Waals surface area contributed by atoms with Gasteiger partial charge in [-0.1, -0.05) is 48.0 Å². The van der Waals surface area contributed by atoms with E-state index < -0.39 is 17.7 Å². The molecule has 0 radical (unpaired) electrons. The first-order chi connectivity index (χ1) is 11.6. The Bertz CT molecular complexity index is 925. The molecule has 0 saturated heterocycles. The molecule has 1 aliphatic heterocycles. The Hall–Kier alpha value is -2.72. The van der Waals surface area contributed by atoms with Crippen LogP contribution in [0.2, 0.25) is 5.02 Å². The van der Waals surface area contributed by atoms with Gasteiger partial charge in [-0.05, 0) is 17.7 Å². The van der Waals surface area contributed by atoms with Crippen LogP contribution >= 0.6 is 11.6 Å². The van der Waals surface area contributed by atoms with E-state index in [-0.39, 0.29) is 29.1 Å². The zero-order valence-electron chi connectivity index (χ0n) is 12.4. The number of Topliss-reactive ketones (excluding diaryl/α,β-unsaturated/α-hetero) is 2. The number of carbonyl (C=O) groups is 3. The minimum atomic E-state index is -0.519. The lowest BCUT2D eigenvalue weighted by atomic mass is 9.77. The Morgan fingerprint density at radius 3 is 2.17 bits per heavy atom. The Labute approximate surface area is 142 Å². The van der Waals surface area contributed by atoms with Gasteiger partial charge in [0.05, 0.1) is 12.0 Å². The van der Waals surface area contributed by atoms with Gasteiger partial charge >= 0.3 is 5.97 Å². The first-order valence-electron chi connectivity index (χ1n) is 7.45. The van der Waals surface area contributed by atoms with Crippen molar-refractivity contribution in [1.29, 1.82) is 0 Å². The lowest BCUT2D eigenvalue weighted by molar-refractivity contribution is -0.140. The molecule has 4 rings (SSSR count). The van der Waals surface area contributed by atoms with Crippen LogP contribution in [0.15, 0.2) is 59.9 Å². The Balaban J connectivity index is 1.90. The third-order valence-electron chi connectivity index (χ3n) is 4.32. The number of ether oxygens (including phenoxy) is 1. The number of fused-ring (bicyclic) bond motifs is 1. The smallest absolute Gasteiger partial charge is 0.312 e. The van der Waals surface area contributed by atoms with E-state index in [0.29, 0.717) is 10.6 Å². The normalized spacial score (nSPS) is 19.7. The van der Waals surface area contributed by atoms with Crippen LogP contribution < -0.4 is 0 Å². The first kappa shape index (κ1) is 14.8. The number of benzene rings is 2. The predicted molar refractivity (Wildman–Crippen MR) is 87.0 cm³/mol. The second-order valence-electron chi connectivity index (χ2n) is 5.73. The van der Waals surface area contributed by atoms with Crippen molar-refractivity contribution in [3.63, 3.8) is 0 Å². The molecule has 2 aromatic carbocycles. The van der Waals surface area contributed by atoms with E-state index in [2.05, 4.69) is 0 Å². The second kappa shape index (κ2) is 5.42. The summed E-state index contributed by atoms with van der Waals surface area (Å²) in [5.41, 5.74) is 1.62.